The van der Waals surface area contributed by atoms with E-state index in [-0.39, 0.29) is 5.56 Å². The van der Waals surface area contributed by atoms with Crippen LogP contribution in [0.1, 0.15) is 34.2 Å². The molecule has 1 heterocycles. The molecule has 0 aliphatic carbocycles. The molecule has 0 saturated heterocycles. The first-order chi connectivity index (χ1) is 16.1. The van der Waals surface area contributed by atoms with Crippen molar-refractivity contribution in [3.8, 4) is 5.75 Å². The van der Waals surface area contributed by atoms with Crippen LogP contribution in [0.15, 0.2) is 84.9 Å². The molecule has 0 bridgehead atoms. The molecule has 0 radical (unpaired) electrons. The minimum absolute atomic E-state index is 0.172. The number of carboxylic acids is 1. The van der Waals surface area contributed by atoms with Gasteiger partial charge in [0.05, 0.1) is 17.6 Å². The van der Waals surface area contributed by atoms with Crippen molar-refractivity contribution >= 4 is 27.8 Å². The molecule has 0 amide bonds. The first-order valence-corrected chi connectivity index (χ1v) is 11.0. The Morgan fingerprint density at radius 1 is 0.909 bits per heavy atom. The maximum Gasteiger partial charge on any atom is 0.339 e. The monoisotopic (exact) mass is 436 g/mol. The Morgan fingerprint density at radius 2 is 1.67 bits per heavy atom. The SMILES string of the molecule is CCOc1cc(Cc2nc3ccccc3n2Cc2ccc3ccccc3c2)ccc1C(=O)O. The molecule has 5 rings (SSSR count). The second kappa shape index (κ2) is 8.79. The lowest BCUT2D eigenvalue weighted by molar-refractivity contribution is 0.0692. The predicted molar refractivity (Wildman–Crippen MR) is 130 cm³/mol. The summed E-state index contributed by atoms with van der Waals surface area (Å²) in [5, 5.41) is 11.9. The summed E-state index contributed by atoms with van der Waals surface area (Å²) < 4.78 is 7.84. The van der Waals surface area contributed by atoms with Crippen LogP contribution in [0.4, 0.5) is 0 Å². The van der Waals surface area contributed by atoms with Crippen LogP contribution in [0, 0.1) is 0 Å². The molecule has 0 saturated carbocycles. The Bertz CT molecular complexity index is 1470. The largest absolute Gasteiger partial charge is 0.493 e. The number of carboxylic acid groups (broad SMARTS) is 1. The smallest absolute Gasteiger partial charge is 0.339 e. The van der Waals surface area contributed by atoms with Crippen molar-refractivity contribution in [1.29, 1.82) is 0 Å². The van der Waals surface area contributed by atoms with Crippen LogP contribution in [-0.2, 0) is 13.0 Å². The number of nitrogens with zero attached hydrogens (tertiary/aromatic N) is 2. The second-order valence-corrected chi connectivity index (χ2v) is 8.03. The molecular weight excluding hydrogens is 412 g/mol. The number of carbonyl (C=O) groups is 1. The van der Waals surface area contributed by atoms with E-state index >= 15 is 0 Å². The molecule has 1 N–H and O–H groups in total. The summed E-state index contributed by atoms with van der Waals surface area (Å²) in [5.41, 5.74) is 4.35. The zero-order chi connectivity index (χ0) is 22.8. The van der Waals surface area contributed by atoms with Gasteiger partial charge >= 0.3 is 5.97 Å². The number of hydrogen-bond donors (Lipinski definition) is 1. The van der Waals surface area contributed by atoms with Crippen LogP contribution >= 0.6 is 0 Å². The van der Waals surface area contributed by atoms with Crippen LogP contribution in [0.3, 0.4) is 0 Å². The fourth-order valence-electron chi connectivity index (χ4n) is 4.27. The van der Waals surface area contributed by atoms with Gasteiger partial charge in [-0.1, -0.05) is 54.6 Å². The third kappa shape index (κ3) is 4.17. The fourth-order valence-corrected chi connectivity index (χ4v) is 4.27. The Hall–Kier alpha value is -4.12. The Labute approximate surface area is 191 Å². The molecule has 1 aromatic heterocycles. The molecular formula is C28H24N2O3. The Morgan fingerprint density at radius 3 is 2.48 bits per heavy atom. The van der Waals surface area contributed by atoms with E-state index in [0.29, 0.717) is 25.3 Å². The number of rotatable bonds is 7. The van der Waals surface area contributed by atoms with Crippen molar-refractivity contribution < 1.29 is 14.6 Å². The third-order valence-electron chi connectivity index (χ3n) is 5.83. The third-order valence-corrected chi connectivity index (χ3v) is 5.83. The van der Waals surface area contributed by atoms with Gasteiger partial charge in [-0.15, -0.1) is 0 Å². The summed E-state index contributed by atoms with van der Waals surface area (Å²) in [4.78, 5) is 16.4. The number of para-hydroxylation sites is 2. The van der Waals surface area contributed by atoms with E-state index in [0.717, 1.165) is 22.4 Å². The summed E-state index contributed by atoms with van der Waals surface area (Å²) in [5.74, 6) is 0.322. The Kier molecular flexibility index (Phi) is 5.53. The number of aromatic carboxylic acids is 1. The zero-order valence-electron chi connectivity index (χ0n) is 18.4. The molecule has 5 heteroatoms. The molecule has 164 valence electrons. The van der Waals surface area contributed by atoms with Crippen molar-refractivity contribution in [3.05, 3.63) is 107 Å². The Balaban J connectivity index is 1.54. The van der Waals surface area contributed by atoms with Gasteiger partial charge in [0.25, 0.3) is 0 Å². The number of hydrogen-bond acceptors (Lipinski definition) is 3. The second-order valence-electron chi connectivity index (χ2n) is 8.03. The van der Waals surface area contributed by atoms with Crippen molar-refractivity contribution in [1.82, 2.24) is 9.55 Å². The number of benzene rings is 4. The molecule has 4 aromatic carbocycles. The minimum Gasteiger partial charge on any atom is -0.493 e. The quantitative estimate of drug-likeness (QED) is 0.344. The van der Waals surface area contributed by atoms with E-state index in [1.54, 1.807) is 6.07 Å². The first kappa shape index (κ1) is 20.8. The van der Waals surface area contributed by atoms with Crippen molar-refractivity contribution in [2.45, 2.75) is 19.9 Å². The van der Waals surface area contributed by atoms with Crippen molar-refractivity contribution in [2.24, 2.45) is 0 Å². The van der Waals surface area contributed by atoms with Crippen molar-refractivity contribution in [3.63, 3.8) is 0 Å². The van der Waals surface area contributed by atoms with E-state index < -0.39 is 5.97 Å². The molecule has 33 heavy (non-hydrogen) atoms. The lowest BCUT2D eigenvalue weighted by Gasteiger charge is -2.12. The molecule has 0 unspecified atom stereocenters. The van der Waals surface area contributed by atoms with E-state index in [1.165, 1.54) is 16.3 Å². The maximum absolute atomic E-state index is 11.5. The van der Waals surface area contributed by atoms with Gasteiger partial charge < -0.3 is 14.4 Å². The van der Waals surface area contributed by atoms with Gasteiger partial charge in [-0.2, -0.15) is 0 Å². The van der Waals surface area contributed by atoms with Gasteiger partial charge in [0.1, 0.15) is 17.1 Å². The molecule has 0 fully saturated rings. The van der Waals surface area contributed by atoms with Gasteiger partial charge in [-0.25, -0.2) is 9.78 Å². The van der Waals surface area contributed by atoms with Gasteiger partial charge in [-0.05, 0) is 59.2 Å². The molecule has 0 spiro atoms. The van der Waals surface area contributed by atoms with Crippen molar-refractivity contribution in [2.75, 3.05) is 6.61 Å². The summed E-state index contributed by atoms with van der Waals surface area (Å²) in [6.45, 7) is 2.96. The highest BCUT2D eigenvalue weighted by Gasteiger charge is 2.15. The highest BCUT2D eigenvalue weighted by Crippen LogP contribution is 2.25. The molecule has 5 nitrogen and oxygen atoms in total. The molecule has 0 aliphatic heterocycles. The average molecular weight is 437 g/mol. The van der Waals surface area contributed by atoms with E-state index in [1.807, 2.05) is 37.3 Å². The lowest BCUT2D eigenvalue weighted by Crippen LogP contribution is -2.07. The molecule has 0 atom stereocenters. The first-order valence-electron chi connectivity index (χ1n) is 11.0. The number of ether oxygens (including phenoxy) is 1. The predicted octanol–water partition coefficient (Wildman–Crippen LogP) is 5.93. The highest BCUT2D eigenvalue weighted by molar-refractivity contribution is 5.91. The average Bonchev–Trinajstić information content (AvgIpc) is 3.16. The molecule has 0 aliphatic rings. The van der Waals surface area contributed by atoms with Crippen LogP contribution in [0.2, 0.25) is 0 Å². The van der Waals surface area contributed by atoms with E-state index in [4.69, 9.17) is 9.72 Å². The lowest BCUT2D eigenvalue weighted by atomic mass is 10.1. The van der Waals surface area contributed by atoms with Crippen LogP contribution in [-0.4, -0.2) is 27.2 Å². The number of fused-ring (bicyclic) bond motifs is 2. The van der Waals surface area contributed by atoms with E-state index in [2.05, 4.69) is 53.1 Å². The standard InChI is InChI=1S/C28H24N2O3/c1-2-33-26-16-19(12-14-23(26)28(31)32)17-27-29-24-9-5-6-10-25(24)30(27)18-20-11-13-21-7-3-4-8-22(21)15-20/h3-16H,2,17-18H2,1H3,(H,31,32). The molecule has 5 aromatic rings. The zero-order valence-corrected chi connectivity index (χ0v) is 18.4. The fraction of sp³-hybridized carbons (Fsp3) is 0.143. The normalized spacial score (nSPS) is 11.2. The summed E-state index contributed by atoms with van der Waals surface area (Å²) >= 11 is 0. The van der Waals surface area contributed by atoms with Crippen LogP contribution in [0.5, 0.6) is 5.75 Å². The van der Waals surface area contributed by atoms with Gasteiger partial charge in [0.2, 0.25) is 0 Å². The van der Waals surface area contributed by atoms with Crippen LogP contribution in [0.25, 0.3) is 21.8 Å². The maximum atomic E-state index is 11.5. The number of imidazole rings is 1. The van der Waals surface area contributed by atoms with Gasteiger partial charge in [-0.3, -0.25) is 0 Å². The van der Waals surface area contributed by atoms with Gasteiger partial charge in [0, 0.05) is 13.0 Å². The van der Waals surface area contributed by atoms with Gasteiger partial charge in [0.15, 0.2) is 0 Å². The highest BCUT2D eigenvalue weighted by atomic mass is 16.5. The summed E-state index contributed by atoms with van der Waals surface area (Å²) in [6, 6.07) is 28.3. The van der Waals surface area contributed by atoms with E-state index in [9.17, 15) is 9.90 Å². The summed E-state index contributed by atoms with van der Waals surface area (Å²) in [7, 11) is 0. The minimum atomic E-state index is -0.992. The number of aromatic nitrogens is 2. The topological polar surface area (TPSA) is 64.4 Å². The summed E-state index contributed by atoms with van der Waals surface area (Å²) in [6.07, 6.45) is 0.572. The van der Waals surface area contributed by atoms with Crippen LogP contribution < -0.4 is 4.74 Å².